The number of hydrogen-bond acceptors (Lipinski definition) is 7. The zero-order valence-electron chi connectivity index (χ0n) is 17.2. The first-order valence-electron chi connectivity index (χ1n) is 9.33. The predicted octanol–water partition coefficient (Wildman–Crippen LogP) is -0.833. The van der Waals surface area contributed by atoms with Crippen molar-refractivity contribution in [2.24, 2.45) is 14.1 Å². The van der Waals surface area contributed by atoms with Crippen molar-refractivity contribution in [3.63, 3.8) is 0 Å². The summed E-state index contributed by atoms with van der Waals surface area (Å²) in [6.07, 6.45) is -0.372. The number of carbonyl (C=O) groups is 1. The molecule has 2 atom stereocenters. The molecule has 1 aliphatic rings. The van der Waals surface area contributed by atoms with E-state index in [0.717, 1.165) is 4.57 Å². The molecule has 0 spiro atoms. The molecule has 0 bridgehead atoms. The maximum absolute atomic E-state index is 12.6. The summed E-state index contributed by atoms with van der Waals surface area (Å²) in [6, 6.07) is 0. The number of imidazole rings is 1. The lowest BCUT2D eigenvalue weighted by Crippen LogP contribution is -2.59. The zero-order chi connectivity index (χ0) is 21.7. The molecule has 29 heavy (non-hydrogen) atoms. The molecular formula is C18H27N5O6. The van der Waals surface area contributed by atoms with Crippen molar-refractivity contribution in [2.45, 2.75) is 51.0 Å². The number of ether oxygens (including phenoxy) is 1. The van der Waals surface area contributed by atoms with Gasteiger partial charge in [0.1, 0.15) is 17.3 Å². The van der Waals surface area contributed by atoms with Crippen molar-refractivity contribution in [3.05, 3.63) is 27.2 Å². The average Bonchev–Trinajstić information content (AvgIpc) is 3.02. The van der Waals surface area contributed by atoms with Gasteiger partial charge in [0.2, 0.25) is 0 Å². The molecule has 2 aromatic heterocycles. The number of aliphatic hydroxyl groups is 2. The molecule has 0 unspecified atom stereocenters. The summed E-state index contributed by atoms with van der Waals surface area (Å²) >= 11 is 0. The Labute approximate surface area is 166 Å². The first-order valence-corrected chi connectivity index (χ1v) is 9.33. The van der Waals surface area contributed by atoms with Crippen LogP contribution in [0.15, 0.2) is 15.9 Å². The van der Waals surface area contributed by atoms with Gasteiger partial charge in [-0.05, 0) is 27.2 Å². The summed E-state index contributed by atoms with van der Waals surface area (Å²) in [7, 11) is 2.87. The van der Waals surface area contributed by atoms with E-state index in [0.29, 0.717) is 0 Å². The van der Waals surface area contributed by atoms with Gasteiger partial charge in [0.25, 0.3) is 5.56 Å². The summed E-state index contributed by atoms with van der Waals surface area (Å²) in [5, 5.41) is 21.6. The van der Waals surface area contributed by atoms with Crippen LogP contribution in [0.4, 0.5) is 4.79 Å². The Balaban J connectivity index is 1.85. The minimum Gasteiger partial charge on any atom is -0.444 e. The van der Waals surface area contributed by atoms with Crippen LogP contribution in [0.1, 0.15) is 27.2 Å². The summed E-state index contributed by atoms with van der Waals surface area (Å²) in [4.78, 5) is 42.3. The maximum atomic E-state index is 12.6. The van der Waals surface area contributed by atoms with Crippen molar-refractivity contribution in [3.8, 4) is 0 Å². The number of nitrogens with zero attached hydrogens (tertiary/aromatic N) is 5. The van der Waals surface area contributed by atoms with Crippen molar-refractivity contribution < 1.29 is 19.7 Å². The van der Waals surface area contributed by atoms with E-state index < -0.39 is 34.6 Å². The monoisotopic (exact) mass is 409 g/mol. The fourth-order valence-corrected chi connectivity index (χ4v) is 3.45. The molecule has 11 nitrogen and oxygen atoms in total. The lowest BCUT2D eigenvalue weighted by atomic mass is 9.88. The Morgan fingerprint density at radius 3 is 2.55 bits per heavy atom. The molecule has 2 aromatic rings. The number of aromatic nitrogens is 4. The van der Waals surface area contributed by atoms with E-state index in [9.17, 15) is 24.6 Å². The number of carbonyl (C=O) groups excluding carboxylic acids is 1. The molecule has 160 valence electrons. The third-order valence-corrected chi connectivity index (χ3v) is 5.14. The lowest BCUT2D eigenvalue weighted by Gasteiger charge is -2.42. The molecule has 0 aromatic carbocycles. The van der Waals surface area contributed by atoms with E-state index >= 15 is 0 Å². The molecule has 3 rings (SSSR count). The van der Waals surface area contributed by atoms with Crippen LogP contribution in [0.25, 0.3) is 11.2 Å². The molecule has 3 heterocycles. The van der Waals surface area contributed by atoms with E-state index in [4.69, 9.17) is 4.74 Å². The molecule has 1 aliphatic heterocycles. The Kier molecular flexibility index (Phi) is 5.08. The number of aliphatic hydroxyl groups excluding tert-OH is 1. The molecule has 1 amide bonds. The van der Waals surface area contributed by atoms with Crippen LogP contribution in [0.3, 0.4) is 0 Å². The fourth-order valence-electron chi connectivity index (χ4n) is 3.45. The molecule has 11 heteroatoms. The second-order valence-electron chi connectivity index (χ2n) is 8.55. The van der Waals surface area contributed by atoms with E-state index in [1.807, 2.05) is 0 Å². The van der Waals surface area contributed by atoms with Crippen LogP contribution in [0.2, 0.25) is 0 Å². The largest absolute Gasteiger partial charge is 0.444 e. The van der Waals surface area contributed by atoms with Gasteiger partial charge in [-0.3, -0.25) is 13.9 Å². The Bertz CT molecular complexity index is 1060. The summed E-state index contributed by atoms with van der Waals surface area (Å²) in [5.41, 5.74) is -2.93. The smallest absolute Gasteiger partial charge is 0.410 e. The third kappa shape index (κ3) is 3.79. The van der Waals surface area contributed by atoms with Gasteiger partial charge in [-0.2, -0.15) is 0 Å². The van der Waals surface area contributed by atoms with E-state index in [2.05, 4.69) is 4.98 Å². The number of β-amino-alcohol motifs (C(OH)–C–C–N with tert-alkyl or cyclic N) is 1. The average molecular weight is 409 g/mol. The van der Waals surface area contributed by atoms with Gasteiger partial charge in [0.15, 0.2) is 11.2 Å². The second kappa shape index (κ2) is 6.99. The van der Waals surface area contributed by atoms with Gasteiger partial charge in [-0.25, -0.2) is 14.6 Å². The quantitative estimate of drug-likeness (QED) is 0.661. The van der Waals surface area contributed by atoms with E-state index in [-0.39, 0.29) is 37.2 Å². The maximum Gasteiger partial charge on any atom is 0.410 e. The standard InChI is InChI=1S/C18H27N5O6/c1-17(2,3)29-16(27)22-7-6-18(28,11(24)8-22)9-23-10-19-13-12(23)14(25)21(5)15(26)20(13)4/h10-11,24,28H,6-9H2,1-5H3/t11-,18-/m1/s1. The number of fused-ring (bicyclic) bond motifs is 1. The number of rotatable bonds is 2. The zero-order valence-corrected chi connectivity index (χ0v) is 17.2. The molecule has 0 saturated carbocycles. The highest BCUT2D eigenvalue weighted by Gasteiger charge is 2.43. The summed E-state index contributed by atoms with van der Waals surface area (Å²) in [5.74, 6) is 0. The predicted molar refractivity (Wildman–Crippen MR) is 104 cm³/mol. The van der Waals surface area contributed by atoms with Crippen molar-refractivity contribution in [1.29, 1.82) is 0 Å². The topological polar surface area (TPSA) is 132 Å². The van der Waals surface area contributed by atoms with Gasteiger partial charge < -0.3 is 24.4 Å². The Morgan fingerprint density at radius 1 is 1.31 bits per heavy atom. The first-order chi connectivity index (χ1) is 13.3. The highest BCUT2D eigenvalue weighted by atomic mass is 16.6. The number of likely N-dealkylation sites (tertiary alicyclic amines) is 1. The number of amides is 1. The van der Waals surface area contributed by atoms with E-state index in [1.54, 1.807) is 20.8 Å². The van der Waals surface area contributed by atoms with Crippen LogP contribution in [0, 0.1) is 0 Å². The molecule has 0 aliphatic carbocycles. The summed E-state index contributed by atoms with van der Waals surface area (Å²) in [6.45, 7) is 5.22. The molecular weight excluding hydrogens is 382 g/mol. The van der Waals surface area contributed by atoms with Crippen molar-refractivity contribution >= 4 is 17.3 Å². The SMILES string of the molecule is Cn1c(=O)c2c(ncn2C[C@]2(O)CCN(C(=O)OC(C)(C)C)C[C@H]2O)n(C)c1=O. The van der Waals surface area contributed by atoms with Gasteiger partial charge >= 0.3 is 11.8 Å². The second-order valence-corrected chi connectivity index (χ2v) is 8.55. The number of aryl methyl sites for hydroxylation is 1. The van der Waals surface area contributed by atoms with Crippen LogP contribution in [-0.2, 0) is 25.4 Å². The van der Waals surface area contributed by atoms with Crippen LogP contribution < -0.4 is 11.2 Å². The molecule has 2 N–H and O–H groups in total. The van der Waals surface area contributed by atoms with Gasteiger partial charge in [0.05, 0.1) is 19.4 Å². The van der Waals surface area contributed by atoms with Gasteiger partial charge in [0, 0.05) is 20.6 Å². The minimum atomic E-state index is -1.58. The normalized spacial score (nSPS) is 22.9. The third-order valence-electron chi connectivity index (χ3n) is 5.14. The number of hydrogen-bond donors (Lipinski definition) is 2. The fraction of sp³-hybridized carbons (Fsp3) is 0.667. The molecule has 1 fully saturated rings. The lowest BCUT2D eigenvalue weighted by molar-refractivity contribution is -0.125. The van der Waals surface area contributed by atoms with Crippen molar-refractivity contribution in [2.75, 3.05) is 13.1 Å². The summed E-state index contributed by atoms with van der Waals surface area (Å²) < 4.78 is 8.96. The first kappa shape index (κ1) is 21.1. The highest BCUT2D eigenvalue weighted by molar-refractivity contribution is 5.70. The van der Waals surface area contributed by atoms with Gasteiger partial charge in [-0.1, -0.05) is 0 Å². The van der Waals surface area contributed by atoms with Crippen LogP contribution >= 0.6 is 0 Å². The van der Waals surface area contributed by atoms with Crippen LogP contribution in [0.5, 0.6) is 0 Å². The van der Waals surface area contributed by atoms with Crippen LogP contribution in [-0.4, -0.2) is 70.3 Å². The molecule has 0 radical (unpaired) electrons. The Morgan fingerprint density at radius 2 is 1.97 bits per heavy atom. The van der Waals surface area contributed by atoms with E-state index in [1.165, 1.54) is 34.5 Å². The minimum absolute atomic E-state index is 0.0825. The Hall–Kier alpha value is -2.66. The van der Waals surface area contributed by atoms with Crippen molar-refractivity contribution in [1.82, 2.24) is 23.6 Å². The number of piperidine rings is 1. The molecule has 1 saturated heterocycles. The highest BCUT2D eigenvalue weighted by Crippen LogP contribution is 2.27. The van der Waals surface area contributed by atoms with Gasteiger partial charge in [-0.15, -0.1) is 0 Å².